The summed E-state index contributed by atoms with van der Waals surface area (Å²) in [5, 5.41) is 0. The molecule has 1 fully saturated rings. The molecule has 0 atom stereocenters. The number of carbonyl (C=O) groups excluding carboxylic acids is 1. The van der Waals surface area contributed by atoms with E-state index >= 15 is 0 Å². The Labute approximate surface area is 161 Å². The Morgan fingerprint density at radius 1 is 1.19 bits per heavy atom. The van der Waals surface area contributed by atoms with Gasteiger partial charge in [-0.25, -0.2) is 9.18 Å². The van der Waals surface area contributed by atoms with Gasteiger partial charge in [0, 0.05) is 6.54 Å². The lowest BCUT2D eigenvalue weighted by Crippen LogP contribution is -2.44. The van der Waals surface area contributed by atoms with Gasteiger partial charge in [-0.3, -0.25) is 4.90 Å². The van der Waals surface area contributed by atoms with Crippen LogP contribution >= 0.6 is 0 Å². The molecule has 1 aromatic carbocycles. The fraction of sp³-hybridized carbons (Fsp3) is 0.650. The molecule has 2 aliphatic heterocycles. The van der Waals surface area contributed by atoms with Gasteiger partial charge in [-0.15, -0.1) is 0 Å². The van der Waals surface area contributed by atoms with Crippen molar-refractivity contribution >= 4 is 24.4 Å². The second-order valence-corrected chi connectivity index (χ2v) is 9.32. The van der Waals surface area contributed by atoms with Crippen LogP contribution in [0.25, 0.3) is 0 Å². The molecule has 0 spiro atoms. The van der Waals surface area contributed by atoms with Crippen LogP contribution in [0.15, 0.2) is 12.1 Å². The largest absolute Gasteiger partial charge is 0.495 e. The minimum Gasteiger partial charge on any atom is -0.443 e. The van der Waals surface area contributed by atoms with Crippen molar-refractivity contribution in [3.63, 3.8) is 0 Å². The van der Waals surface area contributed by atoms with Crippen molar-refractivity contribution < 1.29 is 23.2 Å². The summed E-state index contributed by atoms with van der Waals surface area (Å²) in [5.74, 6) is -0.422. The fourth-order valence-electron chi connectivity index (χ4n) is 3.38. The number of ether oxygens (including phenoxy) is 1. The second-order valence-electron chi connectivity index (χ2n) is 9.32. The smallest absolute Gasteiger partial charge is 0.443 e. The number of rotatable bonds is 1. The summed E-state index contributed by atoms with van der Waals surface area (Å²) >= 11 is 0. The van der Waals surface area contributed by atoms with Crippen molar-refractivity contribution in [2.75, 3.05) is 11.4 Å². The quantitative estimate of drug-likeness (QED) is 0.699. The van der Waals surface area contributed by atoms with Crippen molar-refractivity contribution in [1.29, 1.82) is 0 Å². The van der Waals surface area contributed by atoms with Gasteiger partial charge in [0.05, 0.1) is 16.9 Å². The lowest BCUT2D eigenvalue weighted by atomic mass is 9.73. The van der Waals surface area contributed by atoms with E-state index in [1.54, 1.807) is 0 Å². The molecule has 0 aromatic heterocycles. The van der Waals surface area contributed by atoms with E-state index in [0.29, 0.717) is 17.7 Å². The molecular weight excluding hydrogens is 348 g/mol. The summed E-state index contributed by atoms with van der Waals surface area (Å²) in [5.41, 5.74) is 0.424. The average molecular weight is 377 g/mol. The van der Waals surface area contributed by atoms with Crippen molar-refractivity contribution in [1.82, 2.24) is 0 Å². The molecular formula is C20H29BFNO4. The zero-order chi connectivity index (χ0) is 20.2. The zero-order valence-corrected chi connectivity index (χ0v) is 17.3. The van der Waals surface area contributed by atoms with Crippen LogP contribution in [-0.2, 0) is 20.5 Å². The van der Waals surface area contributed by atoms with Crippen LogP contribution in [0.4, 0.5) is 14.9 Å². The van der Waals surface area contributed by atoms with Gasteiger partial charge in [0.25, 0.3) is 0 Å². The topological polar surface area (TPSA) is 48.0 Å². The number of amides is 1. The second kappa shape index (κ2) is 6.48. The molecule has 0 aliphatic carbocycles. The van der Waals surface area contributed by atoms with Gasteiger partial charge < -0.3 is 14.0 Å². The van der Waals surface area contributed by atoms with Crippen LogP contribution in [0, 0.1) is 5.82 Å². The van der Waals surface area contributed by atoms with E-state index in [2.05, 4.69) is 0 Å². The highest BCUT2D eigenvalue weighted by atomic mass is 19.1. The molecule has 2 heterocycles. The molecule has 1 aromatic rings. The normalized spacial score (nSPS) is 21.2. The lowest BCUT2D eigenvalue weighted by molar-refractivity contribution is 0.00578. The predicted molar refractivity (Wildman–Crippen MR) is 104 cm³/mol. The number of fused-ring (bicyclic) bond motifs is 1. The Morgan fingerprint density at radius 3 is 2.33 bits per heavy atom. The number of hydrogen-bond donors (Lipinski definition) is 0. The molecule has 0 radical (unpaired) electrons. The molecule has 1 saturated heterocycles. The van der Waals surface area contributed by atoms with E-state index in [4.69, 9.17) is 14.0 Å². The molecule has 148 valence electrons. The summed E-state index contributed by atoms with van der Waals surface area (Å²) < 4.78 is 32.2. The van der Waals surface area contributed by atoms with E-state index in [1.165, 1.54) is 17.0 Å². The Morgan fingerprint density at radius 2 is 1.78 bits per heavy atom. The molecule has 27 heavy (non-hydrogen) atoms. The Hall–Kier alpha value is -1.60. The maximum atomic E-state index is 14.5. The highest BCUT2D eigenvalue weighted by Crippen LogP contribution is 2.38. The van der Waals surface area contributed by atoms with E-state index in [-0.39, 0.29) is 0 Å². The Bertz CT molecular complexity index is 741. The van der Waals surface area contributed by atoms with E-state index in [0.717, 1.165) is 18.4 Å². The molecule has 7 heteroatoms. The zero-order valence-electron chi connectivity index (χ0n) is 17.3. The van der Waals surface area contributed by atoms with Crippen molar-refractivity contribution in [2.45, 2.75) is 78.1 Å². The van der Waals surface area contributed by atoms with Gasteiger partial charge in [0.15, 0.2) is 0 Å². The van der Waals surface area contributed by atoms with Crippen LogP contribution in [0.5, 0.6) is 0 Å². The summed E-state index contributed by atoms with van der Waals surface area (Å²) in [7, 11) is -0.668. The van der Waals surface area contributed by atoms with Crippen LogP contribution in [0.1, 0.15) is 60.5 Å². The fourth-order valence-corrected chi connectivity index (χ4v) is 3.38. The molecule has 0 N–H and O–H groups in total. The Kier molecular flexibility index (Phi) is 4.84. The first kappa shape index (κ1) is 20.1. The third-order valence-corrected chi connectivity index (χ3v) is 5.45. The molecule has 5 nitrogen and oxygen atoms in total. The van der Waals surface area contributed by atoms with Gasteiger partial charge in [-0.2, -0.15) is 0 Å². The van der Waals surface area contributed by atoms with Crippen LogP contribution < -0.4 is 10.4 Å². The monoisotopic (exact) mass is 377 g/mol. The first-order valence-corrected chi connectivity index (χ1v) is 9.49. The van der Waals surface area contributed by atoms with Crippen LogP contribution in [-0.4, -0.2) is 36.6 Å². The third-order valence-electron chi connectivity index (χ3n) is 5.45. The highest BCUT2D eigenvalue weighted by molar-refractivity contribution is 6.62. The first-order chi connectivity index (χ1) is 12.3. The number of anilines is 1. The number of benzene rings is 1. The van der Waals surface area contributed by atoms with Gasteiger partial charge in [-0.1, -0.05) is 0 Å². The van der Waals surface area contributed by atoms with E-state index in [1.807, 2.05) is 48.5 Å². The number of nitrogens with zero attached hydrogens (tertiary/aromatic N) is 1. The third kappa shape index (κ3) is 3.85. The minimum absolute atomic E-state index is 0.422. The van der Waals surface area contributed by atoms with Crippen molar-refractivity contribution in [3.05, 3.63) is 23.5 Å². The van der Waals surface area contributed by atoms with Crippen LogP contribution in [0.3, 0.4) is 0 Å². The lowest BCUT2D eigenvalue weighted by Gasteiger charge is -2.33. The number of hydrogen-bond acceptors (Lipinski definition) is 4. The molecule has 0 saturated carbocycles. The maximum absolute atomic E-state index is 14.5. The maximum Gasteiger partial charge on any atom is 0.495 e. The first-order valence-electron chi connectivity index (χ1n) is 9.49. The number of halogens is 1. The summed E-state index contributed by atoms with van der Waals surface area (Å²) in [6.45, 7) is 13.8. The highest BCUT2D eigenvalue weighted by Gasteiger charge is 2.52. The predicted octanol–water partition coefficient (Wildman–Crippen LogP) is 3.81. The average Bonchev–Trinajstić information content (AvgIpc) is 2.72. The van der Waals surface area contributed by atoms with Crippen molar-refractivity contribution in [3.8, 4) is 0 Å². The van der Waals surface area contributed by atoms with Gasteiger partial charge in [0.2, 0.25) is 0 Å². The SMILES string of the molecule is CC(C)(C)OC(=O)N1CCCc2c(B3OC(C)(C)C(C)(C)O3)cc(F)cc21. The summed E-state index contributed by atoms with van der Waals surface area (Å²) in [6, 6.07) is 2.85. The van der Waals surface area contributed by atoms with Gasteiger partial charge in [-0.05, 0) is 84.5 Å². The molecule has 1 amide bonds. The number of carbonyl (C=O) groups is 1. The van der Waals surface area contributed by atoms with E-state index < -0.39 is 35.8 Å². The summed E-state index contributed by atoms with van der Waals surface area (Å²) in [6.07, 6.45) is 1.03. The minimum atomic E-state index is -0.668. The van der Waals surface area contributed by atoms with Crippen LogP contribution in [0.2, 0.25) is 0 Å². The molecule has 0 unspecified atom stereocenters. The van der Waals surface area contributed by atoms with Gasteiger partial charge in [0.1, 0.15) is 11.4 Å². The summed E-state index contributed by atoms with van der Waals surface area (Å²) in [4.78, 5) is 14.2. The molecule has 3 rings (SSSR count). The molecule has 0 bridgehead atoms. The van der Waals surface area contributed by atoms with Crippen molar-refractivity contribution in [2.24, 2.45) is 0 Å². The molecule has 2 aliphatic rings. The van der Waals surface area contributed by atoms with E-state index in [9.17, 15) is 9.18 Å². The Balaban J connectivity index is 1.99. The van der Waals surface area contributed by atoms with Gasteiger partial charge >= 0.3 is 13.2 Å². The standard InChI is InChI=1S/C20H29BFNO4/c1-18(2,3)25-17(24)23-10-8-9-14-15(11-13(22)12-16(14)23)21-26-19(4,5)20(6,7)27-21/h11-12H,8-10H2,1-7H3.